The van der Waals surface area contributed by atoms with Crippen molar-refractivity contribution in [3.63, 3.8) is 0 Å². The third-order valence-electron chi connectivity index (χ3n) is 6.63. The highest BCUT2D eigenvalue weighted by molar-refractivity contribution is 5.87. The van der Waals surface area contributed by atoms with Gasteiger partial charge in [0, 0.05) is 12.6 Å². The minimum atomic E-state index is -4.93. The van der Waals surface area contributed by atoms with Gasteiger partial charge in [0.1, 0.15) is 18.1 Å². The molecule has 0 saturated carbocycles. The molecule has 0 spiro atoms. The van der Waals surface area contributed by atoms with E-state index in [1.807, 2.05) is 42.2 Å². The molecule has 6 nitrogen and oxygen atoms in total. The van der Waals surface area contributed by atoms with E-state index < -0.39 is 22.9 Å². The van der Waals surface area contributed by atoms with E-state index in [0.717, 1.165) is 5.56 Å². The molecule has 192 valence electrons. The minimum Gasteiger partial charge on any atom is -0.493 e. The third-order valence-corrected chi connectivity index (χ3v) is 6.63. The predicted molar refractivity (Wildman–Crippen MR) is 132 cm³/mol. The Morgan fingerprint density at radius 1 is 0.973 bits per heavy atom. The van der Waals surface area contributed by atoms with Crippen molar-refractivity contribution in [2.45, 2.75) is 25.7 Å². The molecule has 0 fully saturated rings. The predicted octanol–water partition coefficient (Wildman–Crippen LogP) is 6.41. The van der Waals surface area contributed by atoms with Gasteiger partial charge in [-0.1, -0.05) is 36.4 Å². The van der Waals surface area contributed by atoms with E-state index >= 15 is 0 Å². The van der Waals surface area contributed by atoms with Gasteiger partial charge in [0.2, 0.25) is 11.2 Å². The van der Waals surface area contributed by atoms with Crippen molar-refractivity contribution in [3.05, 3.63) is 87.8 Å². The van der Waals surface area contributed by atoms with Gasteiger partial charge in [0.15, 0.2) is 11.5 Å². The fraction of sp³-hybridized carbons (Fsp3) is 0.250. The molecule has 2 heterocycles. The number of nitrogens with zero attached hydrogens (tertiary/aromatic N) is 1. The maximum Gasteiger partial charge on any atom is 0.450 e. The van der Waals surface area contributed by atoms with Gasteiger partial charge in [0.25, 0.3) is 0 Å². The molecule has 5 rings (SSSR count). The molecule has 0 N–H and O–H groups in total. The van der Waals surface area contributed by atoms with E-state index in [1.54, 1.807) is 6.07 Å². The second-order valence-corrected chi connectivity index (χ2v) is 8.73. The first kappa shape index (κ1) is 24.7. The van der Waals surface area contributed by atoms with Crippen LogP contribution in [-0.4, -0.2) is 25.9 Å². The lowest BCUT2D eigenvalue weighted by molar-refractivity contribution is -0.152. The van der Waals surface area contributed by atoms with Crippen molar-refractivity contribution in [1.29, 1.82) is 0 Å². The largest absolute Gasteiger partial charge is 0.493 e. The van der Waals surface area contributed by atoms with Crippen LogP contribution < -0.4 is 19.6 Å². The topological polar surface area (TPSA) is 61.1 Å². The van der Waals surface area contributed by atoms with Gasteiger partial charge >= 0.3 is 6.18 Å². The molecule has 0 radical (unpaired) electrons. The number of hydrogen-bond acceptors (Lipinski definition) is 6. The summed E-state index contributed by atoms with van der Waals surface area (Å²) in [6.07, 6.45) is -4.93. The molecule has 1 aliphatic rings. The van der Waals surface area contributed by atoms with E-state index in [2.05, 4.69) is 0 Å². The van der Waals surface area contributed by atoms with Crippen LogP contribution in [0, 0.1) is 0 Å². The fourth-order valence-corrected chi connectivity index (χ4v) is 4.63. The average molecular weight is 511 g/mol. The van der Waals surface area contributed by atoms with Crippen LogP contribution in [-0.2, 0) is 12.7 Å². The molecule has 0 saturated heterocycles. The first-order valence-electron chi connectivity index (χ1n) is 11.6. The SMILES string of the molecule is COc1ccc(-c2c(C(F)(F)F)oc3c4c(ccc3c2=O)OCN(C(C)c2ccccc2)C4)cc1OC. The van der Waals surface area contributed by atoms with Crippen molar-refractivity contribution in [1.82, 2.24) is 4.90 Å². The molecule has 1 unspecified atom stereocenters. The number of alkyl halides is 3. The summed E-state index contributed by atoms with van der Waals surface area (Å²) in [5.74, 6) is -0.473. The Labute approximate surface area is 210 Å². The zero-order valence-corrected chi connectivity index (χ0v) is 20.4. The Morgan fingerprint density at radius 2 is 1.70 bits per heavy atom. The molecule has 37 heavy (non-hydrogen) atoms. The van der Waals surface area contributed by atoms with Gasteiger partial charge in [-0.3, -0.25) is 9.69 Å². The Morgan fingerprint density at radius 3 is 2.38 bits per heavy atom. The lowest BCUT2D eigenvalue weighted by atomic mass is 9.99. The van der Waals surface area contributed by atoms with Crippen molar-refractivity contribution in [3.8, 4) is 28.4 Å². The summed E-state index contributed by atoms with van der Waals surface area (Å²) in [7, 11) is 2.78. The van der Waals surface area contributed by atoms with Crippen LogP contribution in [0.4, 0.5) is 13.2 Å². The summed E-state index contributed by atoms with van der Waals surface area (Å²) in [5, 5.41) is 0.0364. The van der Waals surface area contributed by atoms with Crippen LogP contribution in [0.1, 0.15) is 29.9 Å². The van der Waals surface area contributed by atoms with Gasteiger partial charge in [-0.15, -0.1) is 0 Å². The average Bonchev–Trinajstić information content (AvgIpc) is 2.91. The maximum absolute atomic E-state index is 14.3. The molecule has 0 aliphatic carbocycles. The van der Waals surface area contributed by atoms with Gasteiger partial charge in [-0.05, 0) is 42.3 Å². The van der Waals surface area contributed by atoms with Crippen molar-refractivity contribution in [2.24, 2.45) is 0 Å². The highest BCUT2D eigenvalue weighted by Gasteiger charge is 2.40. The smallest absolute Gasteiger partial charge is 0.450 e. The second kappa shape index (κ2) is 9.48. The van der Waals surface area contributed by atoms with E-state index in [-0.39, 0.29) is 41.6 Å². The van der Waals surface area contributed by atoms with E-state index in [9.17, 15) is 18.0 Å². The normalized spacial score (nSPS) is 14.6. The summed E-state index contributed by atoms with van der Waals surface area (Å²) in [4.78, 5) is 15.6. The number of rotatable bonds is 5. The Balaban J connectivity index is 1.68. The van der Waals surface area contributed by atoms with Crippen molar-refractivity contribution < 1.29 is 31.8 Å². The van der Waals surface area contributed by atoms with Crippen LogP contribution in [0.2, 0.25) is 0 Å². The highest BCUT2D eigenvalue weighted by atomic mass is 19.4. The molecule has 1 aliphatic heterocycles. The maximum atomic E-state index is 14.3. The Kier molecular flexibility index (Phi) is 6.33. The summed E-state index contributed by atoms with van der Waals surface area (Å²) in [6, 6.07) is 16.8. The summed E-state index contributed by atoms with van der Waals surface area (Å²) >= 11 is 0. The van der Waals surface area contributed by atoms with Crippen molar-refractivity contribution >= 4 is 11.0 Å². The van der Waals surface area contributed by atoms with Crippen LogP contribution in [0.3, 0.4) is 0 Å². The van der Waals surface area contributed by atoms with Gasteiger partial charge < -0.3 is 18.6 Å². The molecule has 0 bridgehead atoms. The van der Waals surface area contributed by atoms with Crippen LogP contribution in [0.5, 0.6) is 17.2 Å². The number of methoxy groups -OCH3 is 2. The number of halogens is 3. The lowest BCUT2D eigenvalue weighted by Crippen LogP contribution is -2.34. The van der Waals surface area contributed by atoms with E-state index in [4.69, 9.17) is 18.6 Å². The second-order valence-electron chi connectivity index (χ2n) is 8.73. The third kappa shape index (κ3) is 4.40. The van der Waals surface area contributed by atoms with E-state index in [1.165, 1.54) is 38.5 Å². The fourth-order valence-electron chi connectivity index (χ4n) is 4.63. The zero-order valence-electron chi connectivity index (χ0n) is 20.4. The van der Waals surface area contributed by atoms with Gasteiger partial charge in [-0.25, -0.2) is 0 Å². The molecule has 1 atom stereocenters. The van der Waals surface area contributed by atoms with Gasteiger partial charge in [-0.2, -0.15) is 13.2 Å². The number of hydrogen-bond donors (Lipinski definition) is 0. The molecule has 1 aromatic heterocycles. The molecular weight excluding hydrogens is 487 g/mol. The molecule has 3 aromatic carbocycles. The quantitative estimate of drug-likeness (QED) is 0.309. The zero-order chi connectivity index (χ0) is 26.3. The Hall–Kier alpha value is -3.98. The first-order valence-corrected chi connectivity index (χ1v) is 11.6. The van der Waals surface area contributed by atoms with Crippen LogP contribution >= 0.6 is 0 Å². The van der Waals surface area contributed by atoms with Crippen molar-refractivity contribution in [2.75, 3.05) is 21.0 Å². The number of fused-ring (bicyclic) bond motifs is 3. The van der Waals surface area contributed by atoms with E-state index in [0.29, 0.717) is 17.1 Å². The molecule has 0 amide bonds. The number of benzene rings is 3. The Bertz CT molecular complexity index is 1510. The highest BCUT2D eigenvalue weighted by Crippen LogP contribution is 2.42. The monoisotopic (exact) mass is 511 g/mol. The van der Waals surface area contributed by atoms with Crippen LogP contribution in [0.25, 0.3) is 22.1 Å². The summed E-state index contributed by atoms with van der Waals surface area (Å²) in [6.45, 7) is 2.48. The van der Waals surface area contributed by atoms with Crippen LogP contribution in [0.15, 0.2) is 69.9 Å². The molecular formula is C28H24F3NO5. The summed E-state index contributed by atoms with van der Waals surface area (Å²) < 4.78 is 64.7. The minimum absolute atomic E-state index is 0.00826. The first-order chi connectivity index (χ1) is 17.7. The van der Waals surface area contributed by atoms with Gasteiger partial charge in [0.05, 0.1) is 30.7 Å². The molecule has 9 heteroatoms. The number of ether oxygens (including phenoxy) is 3. The lowest BCUT2D eigenvalue weighted by Gasteiger charge is -2.34. The molecule has 4 aromatic rings. The standard InChI is InChI=1S/C28H24F3NO5/c1-16(17-7-5-4-6-8-17)32-14-20-21(36-15-32)12-10-19-25(33)24(27(28(29,30)31)37-26(19)20)18-9-11-22(34-2)23(13-18)35-3/h4-13,16H,14-15H2,1-3H3. The summed E-state index contributed by atoms with van der Waals surface area (Å²) in [5.41, 5.74) is -0.0853.